The molecule has 0 bridgehead atoms. The number of furan rings is 1. The highest BCUT2D eigenvalue weighted by atomic mass is 16.5. The summed E-state index contributed by atoms with van der Waals surface area (Å²) < 4.78 is 11.0. The van der Waals surface area contributed by atoms with Crippen LogP contribution in [0, 0.1) is 18.3 Å². The van der Waals surface area contributed by atoms with Gasteiger partial charge in [-0.3, -0.25) is 14.5 Å². The quantitative estimate of drug-likeness (QED) is 0.277. The van der Waals surface area contributed by atoms with Gasteiger partial charge >= 0.3 is 5.97 Å². The van der Waals surface area contributed by atoms with Crippen molar-refractivity contribution in [1.29, 1.82) is 5.26 Å². The first-order valence-corrected chi connectivity index (χ1v) is 10.6. The highest BCUT2D eigenvalue weighted by molar-refractivity contribution is 6.19. The van der Waals surface area contributed by atoms with E-state index in [1.54, 1.807) is 37.3 Å². The van der Waals surface area contributed by atoms with Crippen molar-refractivity contribution < 1.29 is 28.6 Å². The van der Waals surface area contributed by atoms with Crippen molar-refractivity contribution in [1.82, 2.24) is 4.90 Å². The van der Waals surface area contributed by atoms with Crippen molar-refractivity contribution >= 4 is 23.9 Å². The molecule has 34 heavy (non-hydrogen) atoms. The molecule has 0 saturated heterocycles. The molecule has 2 aromatic rings. The minimum Gasteiger partial charge on any atom is -0.458 e. The molecule has 0 aliphatic carbocycles. The lowest BCUT2D eigenvalue weighted by Gasteiger charge is -2.27. The predicted octanol–water partition coefficient (Wildman–Crippen LogP) is 3.57. The van der Waals surface area contributed by atoms with E-state index >= 15 is 0 Å². The van der Waals surface area contributed by atoms with Crippen LogP contribution in [0.2, 0.25) is 0 Å². The first kappa shape index (κ1) is 24.4. The van der Waals surface area contributed by atoms with E-state index in [9.17, 15) is 19.6 Å². The minimum absolute atomic E-state index is 0.00146. The van der Waals surface area contributed by atoms with Gasteiger partial charge in [0.2, 0.25) is 0 Å². The highest BCUT2D eigenvalue weighted by Gasteiger charge is 2.35. The molecule has 1 aromatic carbocycles. The van der Waals surface area contributed by atoms with E-state index in [1.807, 2.05) is 6.07 Å². The maximum atomic E-state index is 12.9. The normalized spacial score (nSPS) is 15.0. The maximum Gasteiger partial charge on any atom is 0.338 e. The topological polar surface area (TPSA) is 121 Å². The number of nitriles is 1. The van der Waals surface area contributed by atoms with Gasteiger partial charge < -0.3 is 14.3 Å². The van der Waals surface area contributed by atoms with Crippen LogP contribution in [0.15, 0.2) is 64.1 Å². The number of benzene rings is 1. The van der Waals surface area contributed by atoms with Gasteiger partial charge in [-0.05, 0) is 55.7 Å². The lowest BCUT2D eigenvalue weighted by atomic mass is 9.94. The number of rotatable bonds is 8. The molecule has 8 heteroatoms. The molecule has 174 valence electrons. The van der Waals surface area contributed by atoms with Crippen molar-refractivity contribution in [2.75, 3.05) is 19.8 Å². The first-order valence-electron chi connectivity index (χ1n) is 10.6. The van der Waals surface area contributed by atoms with Gasteiger partial charge in [-0.15, -0.1) is 0 Å². The van der Waals surface area contributed by atoms with Crippen LogP contribution < -0.4 is 0 Å². The second kappa shape index (κ2) is 10.6. The summed E-state index contributed by atoms with van der Waals surface area (Å²) in [6.45, 7) is 6.78. The van der Waals surface area contributed by atoms with Gasteiger partial charge in [0.05, 0.1) is 5.56 Å². The Morgan fingerprint density at radius 3 is 2.68 bits per heavy atom. The number of aryl methyl sites for hydroxylation is 1. The Kier molecular flexibility index (Phi) is 7.61. The Balaban J connectivity index is 1.96. The van der Waals surface area contributed by atoms with E-state index in [0.717, 1.165) is 10.5 Å². The third-order valence-electron chi connectivity index (χ3n) is 5.35. The SMILES string of the molecule is C=CCOC(=O)c1cc(-c2ccc(/C=C3/C(=O)N(CCCO)C(=O)C(C#N)=C3C)o2)ccc1C. The predicted molar refractivity (Wildman–Crippen MR) is 124 cm³/mol. The maximum absolute atomic E-state index is 12.9. The average molecular weight is 460 g/mol. The standard InChI is InChI=1S/C26H24N2O6/c1-4-12-33-26(32)20-13-18(7-6-16(20)2)23-9-8-19(34-23)14-21-17(3)22(15-27)25(31)28(24(21)30)10-5-11-29/h4,6-9,13-14,29H,1,5,10-12H2,2-3H3/b21-14+. The Bertz CT molecular complexity index is 1260. The summed E-state index contributed by atoms with van der Waals surface area (Å²) in [6.07, 6.45) is 3.17. The van der Waals surface area contributed by atoms with Gasteiger partial charge in [-0.25, -0.2) is 4.79 Å². The highest BCUT2D eigenvalue weighted by Crippen LogP contribution is 2.30. The number of ether oxygens (including phenoxy) is 1. The van der Waals surface area contributed by atoms with E-state index in [4.69, 9.17) is 14.3 Å². The van der Waals surface area contributed by atoms with Crippen LogP contribution in [0.4, 0.5) is 0 Å². The molecule has 1 aliphatic heterocycles. The number of amides is 2. The van der Waals surface area contributed by atoms with Crippen molar-refractivity contribution in [3.63, 3.8) is 0 Å². The van der Waals surface area contributed by atoms with Crippen LogP contribution >= 0.6 is 0 Å². The van der Waals surface area contributed by atoms with Crippen molar-refractivity contribution in [3.05, 3.63) is 76.6 Å². The largest absolute Gasteiger partial charge is 0.458 e. The smallest absolute Gasteiger partial charge is 0.338 e. The molecular weight excluding hydrogens is 436 g/mol. The fourth-order valence-corrected chi connectivity index (χ4v) is 3.50. The summed E-state index contributed by atoms with van der Waals surface area (Å²) in [4.78, 5) is 38.7. The second-order valence-electron chi connectivity index (χ2n) is 7.63. The zero-order chi connectivity index (χ0) is 24.8. The summed E-state index contributed by atoms with van der Waals surface area (Å²) >= 11 is 0. The van der Waals surface area contributed by atoms with Crippen LogP contribution in [0.3, 0.4) is 0 Å². The van der Waals surface area contributed by atoms with Crippen LogP contribution in [0.5, 0.6) is 0 Å². The van der Waals surface area contributed by atoms with Gasteiger partial charge in [-0.1, -0.05) is 24.8 Å². The molecule has 3 rings (SSSR count). The molecule has 0 radical (unpaired) electrons. The molecular formula is C26H24N2O6. The summed E-state index contributed by atoms with van der Waals surface area (Å²) in [5.41, 5.74) is 2.08. The van der Waals surface area contributed by atoms with Gasteiger partial charge in [0.25, 0.3) is 11.8 Å². The monoisotopic (exact) mass is 460 g/mol. The lowest BCUT2D eigenvalue weighted by Crippen LogP contribution is -2.43. The number of aliphatic hydroxyl groups is 1. The Morgan fingerprint density at radius 2 is 2.00 bits per heavy atom. The van der Waals surface area contributed by atoms with E-state index < -0.39 is 17.8 Å². The van der Waals surface area contributed by atoms with E-state index in [1.165, 1.54) is 19.1 Å². The van der Waals surface area contributed by atoms with Gasteiger partial charge in [0, 0.05) is 24.3 Å². The Morgan fingerprint density at radius 1 is 1.24 bits per heavy atom. The van der Waals surface area contributed by atoms with Crippen molar-refractivity contribution in [2.24, 2.45) is 0 Å². The zero-order valence-corrected chi connectivity index (χ0v) is 19.0. The summed E-state index contributed by atoms with van der Waals surface area (Å²) in [6, 6.07) is 10.5. The molecule has 2 heterocycles. The second-order valence-corrected chi connectivity index (χ2v) is 7.63. The van der Waals surface area contributed by atoms with Crippen LogP contribution in [-0.4, -0.2) is 47.5 Å². The number of carbonyl (C=O) groups is 3. The molecule has 0 fully saturated rings. The molecule has 0 unspecified atom stereocenters. The number of imide groups is 1. The number of aliphatic hydroxyl groups excluding tert-OH is 1. The number of hydrogen-bond acceptors (Lipinski definition) is 7. The summed E-state index contributed by atoms with van der Waals surface area (Å²) in [7, 11) is 0. The molecule has 0 spiro atoms. The fraction of sp³-hybridized carbons (Fsp3) is 0.231. The molecule has 0 saturated carbocycles. The molecule has 1 N–H and O–H groups in total. The van der Waals surface area contributed by atoms with Crippen LogP contribution in [0.1, 0.15) is 35.0 Å². The van der Waals surface area contributed by atoms with Crippen molar-refractivity contribution in [3.8, 4) is 17.4 Å². The minimum atomic E-state index is -0.675. The van der Waals surface area contributed by atoms with Crippen LogP contribution in [-0.2, 0) is 14.3 Å². The molecule has 0 atom stereocenters. The van der Waals surface area contributed by atoms with Gasteiger partial charge in [-0.2, -0.15) is 5.26 Å². The number of hydrogen-bond donors (Lipinski definition) is 1. The number of carbonyl (C=O) groups excluding carboxylic acids is 3. The Hall–Kier alpha value is -4.22. The average Bonchev–Trinajstić information content (AvgIpc) is 3.29. The summed E-state index contributed by atoms with van der Waals surface area (Å²) in [5, 5.41) is 18.5. The van der Waals surface area contributed by atoms with Gasteiger partial charge in [0.1, 0.15) is 29.8 Å². The third kappa shape index (κ3) is 4.90. The Labute approximate surface area is 197 Å². The molecule has 2 amide bonds. The molecule has 1 aromatic heterocycles. The molecule has 1 aliphatic rings. The van der Waals surface area contributed by atoms with Gasteiger partial charge in [0.15, 0.2) is 0 Å². The fourth-order valence-electron chi connectivity index (χ4n) is 3.50. The third-order valence-corrected chi connectivity index (χ3v) is 5.35. The summed E-state index contributed by atoms with van der Waals surface area (Å²) in [5.74, 6) is -0.911. The van der Waals surface area contributed by atoms with E-state index in [-0.39, 0.29) is 42.9 Å². The molecule has 8 nitrogen and oxygen atoms in total. The lowest BCUT2D eigenvalue weighted by molar-refractivity contribution is -0.140. The van der Waals surface area contributed by atoms with E-state index in [0.29, 0.717) is 22.6 Å². The number of nitrogens with zero attached hydrogens (tertiary/aromatic N) is 2. The van der Waals surface area contributed by atoms with Crippen molar-refractivity contribution in [2.45, 2.75) is 20.3 Å². The van der Waals surface area contributed by atoms with Crippen LogP contribution in [0.25, 0.3) is 17.4 Å². The zero-order valence-electron chi connectivity index (χ0n) is 19.0. The number of esters is 1. The first-order chi connectivity index (χ1) is 16.3. The van der Waals surface area contributed by atoms with E-state index in [2.05, 4.69) is 6.58 Å².